The van der Waals surface area contributed by atoms with E-state index in [0.717, 1.165) is 6.42 Å². The van der Waals surface area contributed by atoms with Gasteiger partial charge >= 0.3 is 0 Å². The zero-order valence-corrected chi connectivity index (χ0v) is 22.0. The highest BCUT2D eigenvalue weighted by Gasteiger charge is 2.38. The molecule has 0 bridgehead atoms. The maximum atomic E-state index is 13.7. The molecule has 38 heavy (non-hydrogen) atoms. The Morgan fingerprint density at radius 2 is 1.50 bits per heavy atom. The van der Waals surface area contributed by atoms with E-state index in [0.29, 0.717) is 25.8 Å². The van der Waals surface area contributed by atoms with Crippen molar-refractivity contribution in [2.75, 3.05) is 38.5 Å². The second-order valence-electron chi connectivity index (χ2n) is 9.97. The van der Waals surface area contributed by atoms with E-state index in [1.807, 2.05) is 13.8 Å². The summed E-state index contributed by atoms with van der Waals surface area (Å²) in [4.78, 5) is 80.1. The predicted molar refractivity (Wildman–Crippen MR) is 139 cm³/mol. The summed E-state index contributed by atoms with van der Waals surface area (Å²) in [6, 6.07) is 4.84. The van der Waals surface area contributed by atoms with Gasteiger partial charge in [-0.05, 0) is 43.7 Å². The van der Waals surface area contributed by atoms with E-state index in [2.05, 4.69) is 21.3 Å². The number of benzene rings is 1. The molecule has 0 saturated carbocycles. The van der Waals surface area contributed by atoms with E-state index in [-0.39, 0.29) is 42.7 Å². The Balaban J connectivity index is 1.97. The fraction of sp³-hybridized carbons (Fsp3) is 0.538. The molecule has 6 amide bonds. The summed E-state index contributed by atoms with van der Waals surface area (Å²) in [5.74, 6) is -2.95. The van der Waals surface area contributed by atoms with Crippen molar-refractivity contribution in [1.82, 2.24) is 25.8 Å². The number of carbonyl (C=O) groups is 6. The van der Waals surface area contributed by atoms with Crippen molar-refractivity contribution < 1.29 is 28.8 Å². The highest BCUT2D eigenvalue weighted by atomic mass is 16.2. The van der Waals surface area contributed by atoms with Crippen LogP contribution < -0.4 is 21.3 Å². The normalized spacial score (nSPS) is 22.7. The maximum absolute atomic E-state index is 13.7. The van der Waals surface area contributed by atoms with E-state index in [1.54, 1.807) is 24.3 Å². The number of anilines is 1. The summed E-state index contributed by atoms with van der Waals surface area (Å²) in [6.07, 6.45) is 2.25. The van der Waals surface area contributed by atoms with Crippen LogP contribution in [0.5, 0.6) is 0 Å². The third-order valence-corrected chi connectivity index (χ3v) is 6.61. The number of para-hydroxylation sites is 1. The van der Waals surface area contributed by atoms with E-state index in [1.165, 1.54) is 16.8 Å². The number of hydrogen-bond acceptors (Lipinski definition) is 6. The highest BCUT2D eigenvalue weighted by Crippen LogP contribution is 2.25. The molecule has 1 fully saturated rings. The Hall–Kier alpha value is -3.96. The first-order chi connectivity index (χ1) is 18.1. The molecule has 1 aromatic rings. The van der Waals surface area contributed by atoms with Crippen LogP contribution in [-0.2, 0) is 24.0 Å². The lowest BCUT2D eigenvalue weighted by molar-refractivity contribution is -0.144. The van der Waals surface area contributed by atoms with Crippen LogP contribution >= 0.6 is 0 Å². The van der Waals surface area contributed by atoms with Crippen LogP contribution in [0.1, 0.15) is 49.9 Å². The molecule has 2 aliphatic heterocycles. The van der Waals surface area contributed by atoms with Crippen molar-refractivity contribution in [2.24, 2.45) is 5.92 Å². The van der Waals surface area contributed by atoms with E-state index >= 15 is 0 Å². The summed E-state index contributed by atoms with van der Waals surface area (Å²) in [7, 11) is 1.54. The smallest absolute Gasteiger partial charge is 0.256 e. The van der Waals surface area contributed by atoms with Crippen LogP contribution in [-0.4, -0.2) is 90.6 Å². The van der Waals surface area contributed by atoms with Crippen molar-refractivity contribution in [3.8, 4) is 0 Å². The fourth-order valence-electron chi connectivity index (χ4n) is 4.60. The molecule has 0 radical (unpaired) electrons. The zero-order valence-electron chi connectivity index (χ0n) is 22.0. The molecule has 1 saturated heterocycles. The topological polar surface area (TPSA) is 157 Å². The average molecular weight is 529 g/mol. The second-order valence-corrected chi connectivity index (χ2v) is 9.97. The number of piperidine rings is 1. The number of fused-ring (bicyclic) bond motifs is 2. The first kappa shape index (κ1) is 28.6. The van der Waals surface area contributed by atoms with Gasteiger partial charge in [-0.2, -0.15) is 0 Å². The van der Waals surface area contributed by atoms with Gasteiger partial charge in [-0.25, -0.2) is 0 Å². The predicted octanol–water partition coefficient (Wildman–Crippen LogP) is -0.145. The summed E-state index contributed by atoms with van der Waals surface area (Å²) in [5, 5.41) is 9.98. The number of rotatable bonds is 2. The molecular formula is C26H36N6O6. The number of hydrogen-bond donors (Lipinski definition) is 4. The van der Waals surface area contributed by atoms with Gasteiger partial charge in [0.25, 0.3) is 5.91 Å². The quantitative estimate of drug-likeness (QED) is 0.418. The number of amides is 6. The first-order valence-corrected chi connectivity index (χ1v) is 12.9. The number of carbonyl (C=O) groups excluding carboxylic acids is 6. The standard InChI is InChI=1S/C26H36N6O6/c1-16(2)12-20-24(36)29-14-22(34)27-13-21(33)28-15-23(35)30-18-9-5-4-8-17(18)25(37)32-11-7-6-10-19(32)26(38)31(20)3/h4-5,8-9,16,19-20H,6-7,10-15H2,1-3H3,(H,27,34)(H,28,33)(H,29,36)(H,30,35)/t19-,20-/m0/s1. The van der Waals surface area contributed by atoms with E-state index < -0.39 is 41.6 Å². The molecule has 3 rings (SSSR count). The highest BCUT2D eigenvalue weighted by molar-refractivity contribution is 6.06. The van der Waals surface area contributed by atoms with Gasteiger partial charge in [0.05, 0.1) is 30.9 Å². The lowest BCUT2D eigenvalue weighted by Gasteiger charge is -2.39. The molecule has 12 nitrogen and oxygen atoms in total. The number of nitrogens with one attached hydrogen (secondary N) is 4. The van der Waals surface area contributed by atoms with Gasteiger partial charge in [-0.1, -0.05) is 26.0 Å². The largest absolute Gasteiger partial charge is 0.346 e. The minimum Gasteiger partial charge on any atom is -0.346 e. The second kappa shape index (κ2) is 13.0. The Kier molecular flexibility index (Phi) is 9.80. The summed E-state index contributed by atoms with van der Waals surface area (Å²) < 4.78 is 0. The third kappa shape index (κ3) is 7.30. The third-order valence-electron chi connectivity index (χ3n) is 6.61. The molecule has 0 spiro atoms. The summed E-state index contributed by atoms with van der Waals surface area (Å²) in [6.45, 7) is 3.05. The van der Waals surface area contributed by atoms with Crippen LogP contribution in [0.15, 0.2) is 24.3 Å². The van der Waals surface area contributed by atoms with Crippen molar-refractivity contribution in [3.05, 3.63) is 29.8 Å². The Morgan fingerprint density at radius 1 is 0.868 bits per heavy atom. The first-order valence-electron chi connectivity index (χ1n) is 12.9. The van der Waals surface area contributed by atoms with Crippen LogP contribution in [0.2, 0.25) is 0 Å². The summed E-state index contributed by atoms with van der Waals surface area (Å²) in [5.41, 5.74) is 0.473. The molecule has 0 unspecified atom stereocenters. The van der Waals surface area contributed by atoms with E-state index in [4.69, 9.17) is 0 Å². The van der Waals surface area contributed by atoms with Gasteiger partial charge in [0.15, 0.2) is 0 Å². The fourth-order valence-corrected chi connectivity index (χ4v) is 4.60. The lowest BCUT2D eigenvalue weighted by atomic mass is 9.96. The number of likely N-dealkylation sites (N-methyl/N-ethyl adjacent to an activating group) is 1. The molecule has 0 aliphatic carbocycles. The van der Waals surface area contributed by atoms with Crippen molar-refractivity contribution in [3.63, 3.8) is 0 Å². The van der Waals surface area contributed by atoms with Crippen LogP contribution in [0, 0.1) is 5.92 Å². The molecular weight excluding hydrogens is 492 g/mol. The van der Waals surface area contributed by atoms with Crippen molar-refractivity contribution in [2.45, 2.75) is 51.6 Å². The van der Waals surface area contributed by atoms with E-state index in [9.17, 15) is 28.8 Å². The molecule has 0 aromatic heterocycles. The molecule has 206 valence electrons. The lowest BCUT2D eigenvalue weighted by Crippen LogP contribution is -2.57. The van der Waals surface area contributed by atoms with Crippen LogP contribution in [0.3, 0.4) is 0 Å². The molecule has 2 aliphatic rings. The SMILES string of the molecule is CC(C)C[C@H]1C(=O)NCC(=O)NCC(=O)NCC(=O)Nc2ccccc2C(=O)N2CCCC[C@H]2C(=O)N1C. The van der Waals surface area contributed by atoms with Gasteiger partial charge in [-0.15, -0.1) is 0 Å². The molecule has 2 heterocycles. The van der Waals surface area contributed by atoms with Crippen molar-refractivity contribution >= 4 is 41.1 Å². The number of nitrogens with zero attached hydrogens (tertiary/aromatic N) is 2. The van der Waals surface area contributed by atoms with Crippen LogP contribution in [0.4, 0.5) is 5.69 Å². The molecule has 1 aromatic carbocycles. The maximum Gasteiger partial charge on any atom is 0.256 e. The van der Waals surface area contributed by atoms with Gasteiger partial charge in [0.1, 0.15) is 12.1 Å². The van der Waals surface area contributed by atoms with Gasteiger partial charge in [0.2, 0.25) is 29.5 Å². The van der Waals surface area contributed by atoms with Gasteiger partial charge in [0, 0.05) is 13.6 Å². The monoisotopic (exact) mass is 528 g/mol. The molecule has 2 atom stereocenters. The minimum absolute atomic E-state index is 0.0692. The van der Waals surface area contributed by atoms with Gasteiger partial charge < -0.3 is 31.1 Å². The van der Waals surface area contributed by atoms with Crippen molar-refractivity contribution in [1.29, 1.82) is 0 Å². The van der Waals surface area contributed by atoms with Crippen LogP contribution in [0.25, 0.3) is 0 Å². The molecule has 4 N–H and O–H groups in total. The Bertz CT molecular complexity index is 1090. The molecule has 12 heteroatoms. The minimum atomic E-state index is -0.855. The van der Waals surface area contributed by atoms with Gasteiger partial charge in [-0.3, -0.25) is 28.8 Å². The Labute approximate surface area is 221 Å². The average Bonchev–Trinajstić information content (AvgIpc) is 2.90. The Morgan fingerprint density at radius 3 is 2.18 bits per heavy atom. The zero-order chi connectivity index (χ0) is 27.8. The summed E-state index contributed by atoms with van der Waals surface area (Å²) >= 11 is 0.